The third-order valence-electron chi connectivity index (χ3n) is 2.56. The highest BCUT2D eigenvalue weighted by molar-refractivity contribution is 5.32. The van der Waals surface area contributed by atoms with Crippen LogP contribution in [0.15, 0.2) is 24.3 Å². The first-order valence-electron chi connectivity index (χ1n) is 5.68. The summed E-state index contributed by atoms with van der Waals surface area (Å²) in [6.45, 7) is 5.35. The highest BCUT2D eigenvalue weighted by Gasteiger charge is 2.40. The summed E-state index contributed by atoms with van der Waals surface area (Å²) in [5.41, 5.74) is 5.86. The van der Waals surface area contributed by atoms with Gasteiger partial charge >= 0.3 is 6.18 Å². The fraction of sp³-hybridized carbons (Fsp3) is 0.538. The van der Waals surface area contributed by atoms with Crippen LogP contribution in [0.5, 0.6) is 5.75 Å². The van der Waals surface area contributed by atoms with Gasteiger partial charge in [0.1, 0.15) is 5.75 Å². The van der Waals surface area contributed by atoms with Gasteiger partial charge in [0.15, 0.2) is 0 Å². The zero-order valence-corrected chi connectivity index (χ0v) is 10.7. The van der Waals surface area contributed by atoms with Crippen molar-refractivity contribution in [1.82, 2.24) is 0 Å². The number of hydrogen-bond donors (Lipinski definition) is 1. The van der Waals surface area contributed by atoms with Crippen LogP contribution in [0, 0.1) is 0 Å². The van der Waals surface area contributed by atoms with Crippen molar-refractivity contribution in [2.24, 2.45) is 5.73 Å². The minimum Gasteiger partial charge on any atom is -0.480 e. The van der Waals surface area contributed by atoms with Crippen LogP contribution in [-0.2, 0) is 5.41 Å². The molecule has 1 rings (SSSR count). The fourth-order valence-electron chi connectivity index (χ4n) is 1.45. The van der Waals surface area contributed by atoms with Gasteiger partial charge in [-0.05, 0) is 23.1 Å². The number of ether oxygens (including phenoxy) is 1. The lowest BCUT2D eigenvalue weighted by Crippen LogP contribution is -2.40. The number of halogens is 3. The van der Waals surface area contributed by atoms with Gasteiger partial charge in [0.05, 0.1) is 0 Å². The molecule has 0 aliphatic rings. The Morgan fingerprint density at radius 1 is 1.22 bits per heavy atom. The SMILES string of the molecule is CC(C)(C)c1cccc(OC(CN)C(F)(F)F)c1. The van der Waals surface area contributed by atoms with Gasteiger partial charge in [-0.2, -0.15) is 13.2 Å². The molecule has 0 bridgehead atoms. The van der Waals surface area contributed by atoms with Crippen LogP contribution in [0.3, 0.4) is 0 Å². The van der Waals surface area contributed by atoms with Crippen LogP contribution in [0.1, 0.15) is 26.3 Å². The molecule has 0 aliphatic heterocycles. The van der Waals surface area contributed by atoms with Gasteiger partial charge in [0, 0.05) is 6.54 Å². The van der Waals surface area contributed by atoms with Crippen molar-refractivity contribution >= 4 is 0 Å². The molecule has 0 saturated heterocycles. The third kappa shape index (κ3) is 3.91. The summed E-state index contributed by atoms with van der Waals surface area (Å²) in [7, 11) is 0. The molecule has 0 radical (unpaired) electrons. The number of benzene rings is 1. The highest BCUT2D eigenvalue weighted by Crippen LogP contribution is 2.28. The Kier molecular flexibility index (Phi) is 4.27. The summed E-state index contributed by atoms with van der Waals surface area (Å²) in [5.74, 6) is 0.190. The molecule has 0 aliphatic carbocycles. The van der Waals surface area contributed by atoms with E-state index in [0.29, 0.717) is 0 Å². The maximum atomic E-state index is 12.5. The van der Waals surface area contributed by atoms with E-state index in [-0.39, 0.29) is 11.2 Å². The second kappa shape index (κ2) is 5.18. The van der Waals surface area contributed by atoms with Gasteiger partial charge < -0.3 is 10.5 Å². The lowest BCUT2D eigenvalue weighted by Gasteiger charge is -2.23. The van der Waals surface area contributed by atoms with Crippen LogP contribution in [-0.4, -0.2) is 18.8 Å². The van der Waals surface area contributed by atoms with E-state index in [1.807, 2.05) is 26.8 Å². The summed E-state index contributed by atoms with van der Waals surface area (Å²) < 4.78 is 42.5. The number of alkyl halides is 3. The van der Waals surface area contributed by atoms with E-state index in [2.05, 4.69) is 0 Å². The molecular weight excluding hydrogens is 243 g/mol. The molecule has 5 heteroatoms. The van der Waals surface area contributed by atoms with Gasteiger partial charge in [-0.1, -0.05) is 32.9 Å². The van der Waals surface area contributed by atoms with E-state index in [9.17, 15) is 13.2 Å². The first-order valence-corrected chi connectivity index (χ1v) is 5.68. The average Bonchev–Trinajstić information content (AvgIpc) is 2.23. The number of rotatable bonds is 3. The van der Waals surface area contributed by atoms with Gasteiger partial charge in [-0.3, -0.25) is 0 Å². The lowest BCUT2D eigenvalue weighted by molar-refractivity contribution is -0.191. The van der Waals surface area contributed by atoms with Crippen LogP contribution in [0.2, 0.25) is 0 Å². The van der Waals surface area contributed by atoms with Crippen molar-refractivity contribution in [1.29, 1.82) is 0 Å². The molecule has 0 saturated carbocycles. The summed E-state index contributed by atoms with van der Waals surface area (Å²) in [6, 6.07) is 6.66. The Labute approximate surface area is 105 Å². The lowest BCUT2D eigenvalue weighted by atomic mass is 9.87. The topological polar surface area (TPSA) is 35.2 Å². The van der Waals surface area contributed by atoms with Gasteiger partial charge in [-0.15, -0.1) is 0 Å². The number of hydrogen-bond acceptors (Lipinski definition) is 2. The second-order valence-corrected chi connectivity index (χ2v) is 5.16. The van der Waals surface area contributed by atoms with Crippen molar-refractivity contribution in [3.05, 3.63) is 29.8 Å². The minimum absolute atomic E-state index is 0.143. The van der Waals surface area contributed by atoms with E-state index in [4.69, 9.17) is 10.5 Å². The number of nitrogens with two attached hydrogens (primary N) is 1. The van der Waals surface area contributed by atoms with Crippen LogP contribution >= 0.6 is 0 Å². The fourth-order valence-corrected chi connectivity index (χ4v) is 1.45. The molecule has 0 fully saturated rings. The molecule has 0 aromatic heterocycles. The predicted octanol–water partition coefficient (Wildman–Crippen LogP) is 3.25. The van der Waals surface area contributed by atoms with Gasteiger partial charge in [0.2, 0.25) is 6.10 Å². The van der Waals surface area contributed by atoms with Crippen molar-refractivity contribution in [2.75, 3.05) is 6.54 Å². The molecule has 1 unspecified atom stereocenters. The average molecular weight is 261 g/mol. The second-order valence-electron chi connectivity index (χ2n) is 5.16. The van der Waals surface area contributed by atoms with Gasteiger partial charge in [0.25, 0.3) is 0 Å². The molecular formula is C13H18F3NO. The van der Waals surface area contributed by atoms with Crippen LogP contribution in [0.25, 0.3) is 0 Å². The maximum Gasteiger partial charge on any atom is 0.426 e. The molecule has 102 valence electrons. The monoisotopic (exact) mass is 261 g/mol. The van der Waals surface area contributed by atoms with Crippen LogP contribution < -0.4 is 10.5 Å². The molecule has 0 heterocycles. The van der Waals surface area contributed by atoms with E-state index < -0.39 is 18.8 Å². The van der Waals surface area contributed by atoms with E-state index in [0.717, 1.165) is 5.56 Å². The molecule has 2 nitrogen and oxygen atoms in total. The summed E-state index contributed by atoms with van der Waals surface area (Å²) in [4.78, 5) is 0. The van der Waals surface area contributed by atoms with Crippen molar-refractivity contribution in [3.8, 4) is 5.75 Å². The molecule has 1 aromatic carbocycles. The highest BCUT2D eigenvalue weighted by atomic mass is 19.4. The standard InChI is InChI=1S/C13H18F3NO/c1-12(2,3)9-5-4-6-10(7-9)18-11(8-17)13(14,15)16/h4-7,11H,8,17H2,1-3H3. The Morgan fingerprint density at radius 3 is 2.28 bits per heavy atom. The Balaban J connectivity index is 2.92. The minimum atomic E-state index is -4.45. The van der Waals surface area contributed by atoms with E-state index >= 15 is 0 Å². The first-order chi connectivity index (χ1) is 8.14. The van der Waals surface area contributed by atoms with E-state index in [1.54, 1.807) is 12.1 Å². The Bertz CT molecular complexity index is 396. The maximum absolute atomic E-state index is 12.5. The summed E-state index contributed by atoms with van der Waals surface area (Å²) in [5, 5.41) is 0. The Hall–Kier alpha value is -1.23. The smallest absolute Gasteiger partial charge is 0.426 e. The molecule has 1 atom stereocenters. The molecule has 0 amide bonds. The summed E-state index contributed by atoms with van der Waals surface area (Å²) in [6.07, 6.45) is -6.42. The van der Waals surface area contributed by atoms with Crippen LogP contribution in [0.4, 0.5) is 13.2 Å². The predicted molar refractivity (Wildman–Crippen MR) is 64.7 cm³/mol. The Morgan fingerprint density at radius 2 is 1.83 bits per heavy atom. The largest absolute Gasteiger partial charge is 0.480 e. The zero-order chi connectivity index (χ0) is 14.0. The molecule has 0 spiro atoms. The molecule has 2 N–H and O–H groups in total. The van der Waals surface area contributed by atoms with E-state index in [1.165, 1.54) is 6.07 Å². The zero-order valence-electron chi connectivity index (χ0n) is 10.7. The van der Waals surface area contributed by atoms with Crippen molar-refractivity contribution < 1.29 is 17.9 Å². The first kappa shape index (κ1) is 14.8. The van der Waals surface area contributed by atoms with Crippen molar-refractivity contribution in [3.63, 3.8) is 0 Å². The van der Waals surface area contributed by atoms with Crippen molar-refractivity contribution in [2.45, 2.75) is 38.5 Å². The molecule has 1 aromatic rings. The normalized spacial score (nSPS) is 14.4. The third-order valence-corrected chi connectivity index (χ3v) is 2.56. The summed E-state index contributed by atoms with van der Waals surface area (Å²) >= 11 is 0. The quantitative estimate of drug-likeness (QED) is 0.906. The molecule has 18 heavy (non-hydrogen) atoms. The van der Waals surface area contributed by atoms with Gasteiger partial charge in [-0.25, -0.2) is 0 Å².